The molecule has 0 aliphatic carbocycles. The maximum atomic E-state index is 14.5. The maximum Gasteiger partial charge on any atom is 0.268 e. The van der Waals surface area contributed by atoms with Crippen molar-refractivity contribution in [3.05, 3.63) is 63.4 Å². The topological polar surface area (TPSA) is 145 Å². The van der Waals surface area contributed by atoms with Gasteiger partial charge in [-0.25, -0.2) is 13.8 Å². The highest BCUT2D eigenvalue weighted by Gasteiger charge is 2.36. The van der Waals surface area contributed by atoms with E-state index in [0.717, 1.165) is 6.07 Å². The Bertz CT molecular complexity index is 1790. The number of benzene rings is 2. The summed E-state index contributed by atoms with van der Waals surface area (Å²) in [6.07, 6.45) is 0.687. The summed E-state index contributed by atoms with van der Waals surface area (Å²) in [5, 5.41) is 13.1. The molecule has 200 valence electrons. The van der Waals surface area contributed by atoms with Crippen LogP contribution < -0.4 is 16.4 Å². The second-order valence-corrected chi connectivity index (χ2v) is 10.3. The van der Waals surface area contributed by atoms with E-state index in [1.54, 1.807) is 19.2 Å². The largest absolute Gasteiger partial charge is 0.364 e. The van der Waals surface area contributed by atoms with Gasteiger partial charge in [-0.2, -0.15) is 15.2 Å². The number of nitrogens with zero attached hydrogens (tertiary/aromatic N) is 6. The summed E-state index contributed by atoms with van der Waals surface area (Å²) >= 11 is 13.1. The molecule has 0 unspecified atom stereocenters. The molecule has 1 amide bonds. The van der Waals surface area contributed by atoms with Crippen LogP contribution in [0.3, 0.4) is 0 Å². The molecule has 6 rings (SSSR count). The molecule has 1 aliphatic rings. The summed E-state index contributed by atoms with van der Waals surface area (Å²) in [6, 6.07) is 6.89. The number of carbonyl (C=O) groups is 1. The first kappa shape index (κ1) is 25.4. The average molecular weight is 572 g/mol. The van der Waals surface area contributed by atoms with E-state index >= 15 is 0 Å². The molecular formula is C25H21Cl2F2N9O. The minimum atomic E-state index is -0.993. The van der Waals surface area contributed by atoms with Crippen molar-refractivity contribution in [1.82, 2.24) is 29.9 Å². The fraction of sp³-hybridized carbons (Fsp3) is 0.240. The number of piperidine rings is 1. The second-order valence-electron chi connectivity index (χ2n) is 9.54. The minimum absolute atomic E-state index is 0.0404. The van der Waals surface area contributed by atoms with Gasteiger partial charge in [-0.15, -0.1) is 0 Å². The number of aromatic amines is 1. The number of anilines is 1. The molecule has 1 fully saturated rings. The van der Waals surface area contributed by atoms with Gasteiger partial charge in [-0.1, -0.05) is 29.3 Å². The summed E-state index contributed by atoms with van der Waals surface area (Å²) in [5.41, 5.74) is 13.2. The molecule has 5 aromatic rings. The number of nitrogens with one attached hydrogen (secondary N) is 1. The number of H-pyrrole nitrogens is 1. The Morgan fingerprint density at radius 2 is 1.85 bits per heavy atom. The highest BCUT2D eigenvalue weighted by molar-refractivity contribution is 6.43. The van der Waals surface area contributed by atoms with Crippen LogP contribution in [-0.2, 0) is 12.6 Å². The SMILES string of the molecule is Cn1nc2ccc(-c3[nH]nc4nc(N5CCC(N)(c6ccc(F)cc6F)CC5)nc(C(N)=O)c34)c(Cl)c2c1Cl. The molecular weight excluding hydrogens is 551 g/mol. The van der Waals surface area contributed by atoms with Crippen LogP contribution >= 0.6 is 23.2 Å². The summed E-state index contributed by atoms with van der Waals surface area (Å²) < 4.78 is 29.4. The zero-order valence-corrected chi connectivity index (χ0v) is 22.0. The van der Waals surface area contributed by atoms with Crippen molar-refractivity contribution in [2.45, 2.75) is 18.4 Å². The number of halogens is 4. The predicted octanol–water partition coefficient (Wildman–Crippen LogP) is 4.04. The van der Waals surface area contributed by atoms with Gasteiger partial charge < -0.3 is 16.4 Å². The Morgan fingerprint density at radius 1 is 1.10 bits per heavy atom. The van der Waals surface area contributed by atoms with E-state index in [0.29, 0.717) is 63.7 Å². The number of carbonyl (C=O) groups excluding carboxylic acids is 1. The number of fused-ring (bicyclic) bond motifs is 2. The zero-order valence-electron chi connectivity index (χ0n) is 20.5. The van der Waals surface area contributed by atoms with Crippen molar-refractivity contribution in [2.24, 2.45) is 18.5 Å². The summed E-state index contributed by atoms with van der Waals surface area (Å²) in [4.78, 5) is 23.4. The molecule has 0 atom stereocenters. The van der Waals surface area contributed by atoms with Crippen LogP contribution in [0.1, 0.15) is 28.9 Å². The van der Waals surface area contributed by atoms with Crippen LogP contribution in [0.15, 0.2) is 30.3 Å². The van der Waals surface area contributed by atoms with Gasteiger partial charge in [0.25, 0.3) is 5.91 Å². The molecule has 0 saturated carbocycles. The van der Waals surface area contributed by atoms with Crippen LogP contribution in [0, 0.1) is 11.6 Å². The lowest BCUT2D eigenvalue weighted by atomic mass is 9.81. The van der Waals surface area contributed by atoms with E-state index in [9.17, 15) is 13.6 Å². The third-order valence-corrected chi connectivity index (χ3v) is 8.00. The van der Waals surface area contributed by atoms with E-state index in [4.69, 9.17) is 34.7 Å². The van der Waals surface area contributed by atoms with Gasteiger partial charge in [0.15, 0.2) is 5.65 Å². The van der Waals surface area contributed by atoms with Crippen molar-refractivity contribution in [3.63, 3.8) is 0 Å². The van der Waals surface area contributed by atoms with E-state index in [-0.39, 0.29) is 22.9 Å². The first-order chi connectivity index (χ1) is 18.6. The van der Waals surface area contributed by atoms with E-state index < -0.39 is 23.1 Å². The lowest BCUT2D eigenvalue weighted by Gasteiger charge is -2.39. The smallest absolute Gasteiger partial charge is 0.268 e. The third-order valence-electron chi connectivity index (χ3n) is 7.18. The fourth-order valence-electron chi connectivity index (χ4n) is 5.10. The standard InChI is InChI=1S/C25H21Cl2F2N9O/c1-37-21(27)16-15(36-37)5-3-12(18(16)26)19-17-20(22(30)39)32-24(33-23(17)35-34-19)38-8-6-25(31,7-9-38)13-4-2-11(28)10-14(13)29/h2-5,10H,6-9,31H2,1H3,(H2,30,39)(H,32,33,34,35). The lowest BCUT2D eigenvalue weighted by molar-refractivity contribution is 0.0997. The molecule has 3 aromatic heterocycles. The van der Waals surface area contributed by atoms with Crippen LogP contribution in [0.5, 0.6) is 0 Å². The van der Waals surface area contributed by atoms with Crippen molar-refractivity contribution >= 4 is 57.0 Å². The molecule has 14 heteroatoms. The van der Waals surface area contributed by atoms with Crippen LogP contribution in [0.25, 0.3) is 33.2 Å². The van der Waals surface area contributed by atoms with E-state index in [1.165, 1.54) is 16.8 Å². The number of amides is 1. The van der Waals surface area contributed by atoms with Crippen molar-refractivity contribution in [1.29, 1.82) is 0 Å². The molecule has 2 aromatic carbocycles. The molecule has 5 N–H and O–H groups in total. The Labute approximate surface area is 229 Å². The molecule has 0 spiro atoms. The number of primary amides is 1. The highest BCUT2D eigenvalue weighted by Crippen LogP contribution is 2.40. The molecule has 1 saturated heterocycles. The Morgan fingerprint density at radius 3 is 2.54 bits per heavy atom. The maximum absolute atomic E-state index is 14.5. The number of hydrogen-bond donors (Lipinski definition) is 3. The molecule has 0 radical (unpaired) electrons. The predicted molar refractivity (Wildman–Crippen MR) is 144 cm³/mol. The Balaban J connectivity index is 1.37. The first-order valence-corrected chi connectivity index (χ1v) is 12.7. The number of aryl methyl sites for hydroxylation is 1. The molecule has 10 nitrogen and oxygen atoms in total. The van der Waals surface area contributed by atoms with Gasteiger partial charge in [0.2, 0.25) is 5.95 Å². The average Bonchev–Trinajstić information content (AvgIpc) is 3.44. The zero-order chi connectivity index (χ0) is 27.6. The quantitative estimate of drug-likeness (QED) is 0.295. The van der Waals surface area contributed by atoms with Crippen molar-refractivity contribution < 1.29 is 13.6 Å². The van der Waals surface area contributed by atoms with Crippen LogP contribution in [-0.4, -0.2) is 48.9 Å². The highest BCUT2D eigenvalue weighted by atomic mass is 35.5. The van der Waals surface area contributed by atoms with Gasteiger partial charge >= 0.3 is 0 Å². The fourth-order valence-corrected chi connectivity index (χ4v) is 5.72. The lowest BCUT2D eigenvalue weighted by Crippen LogP contribution is -2.49. The third kappa shape index (κ3) is 4.06. The second kappa shape index (κ2) is 9.11. The van der Waals surface area contributed by atoms with Gasteiger partial charge in [-0.3, -0.25) is 14.6 Å². The molecule has 0 bridgehead atoms. The summed E-state index contributed by atoms with van der Waals surface area (Å²) in [6.45, 7) is 0.715. The molecule has 1 aliphatic heterocycles. The summed E-state index contributed by atoms with van der Waals surface area (Å²) in [5.74, 6) is -1.90. The molecule has 4 heterocycles. The normalized spacial score (nSPS) is 15.4. The first-order valence-electron chi connectivity index (χ1n) is 11.9. The minimum Gasteiger partial charge on any atom is -0.364 e. The molecule has 39 heavy (non-hydrogen) atoms. The van der Waals surface area contributed by atoms with E-state index in [1.807, 2.05) is 4.90 Å². The summed E-state index contributed by atoms with van der Waals surface area (Å²) in [7, 11) is 1.70. The van der Waals surface area contributed by atoms with Gasteiger partial charge in [0.05, 0.1) is 27.0 Å². The van der Waals surface area contributed by atoms with E-state index in [2.05, 4.69) is 25.3 Å². The van der Waals surface area contributed by atoms with Gasteiger partial charge in [0.1, 0.15) is 22.5 Å². The van der Waals surface area contributed by atoms with Gasteiger partial charge in [0, 0.05) is 42.9 Å². The van der Waals surface area contributed by atoms with Crippen molar-refractivity contribution in [3.8, 4) is 11.3 Å². The van der Waals surface area contributed by atoms with Crippen LogP contribution in [0.2, 0.25) is 10.2 Å². The van der Waals surface area contributed by atoms with Gasteiger partial charge in [-0.05, 0) is 31.0 Å². The number of nitrogens with two attached hydrogens (primary N) is 2. The number of hydrogen-bond acceptors (Lipinski definition) is 7. The Kier molecular flexibility index (Phi) is 5.93. The number of rotatable bonds is 4. The van der Waals surface area contributed by atoms with Crippen molar-refractivity contribution in [2.75, 3.05) is 18.0 Å². The monoisotopic (exact) mass is 571 g/mol. The Hall–Kier alpha value is -3.87. The van der Waals surface area contributed by atoms with Crippen LogP contribution in [0.4, 0.5) is 14.7 Å². The number of aromatic nitrogens is 6.